The average molecular weight is 460 g/mol. The number of nitrogens with zero attached hydrogens (tertiary/aromatic N) is 1. The quantitative estimate of drug-likeness (QED) is 0.731. The Labute approximate surface area is 188 Å². The molecule has 1 aliphatic heterocycles. The molecule has 1 N–H and O–H groups in total. The van der Waals surface area contributed by atoms with E-state index in [-0.39, 0.29) is 37.3 Å². The Bertz CT molecular complexity index is 1120. The van der Waals surface area contributed by atoms with Crippen molar-refractivity contribution in [3.8, 4) is 0 Å². The van der Waals surface area contributed by atoms with E-state index >= 15 is 0 Å². The largest absolute Gasteiger partial charge is 0.459 e. The summed E-state index contributed by atoms with van der Waals surface area (Å²) in [6.45, 7) is 3.48. The van der Waals surface area contributed by atoms with E-state index in [1.807, 2.05) is 23.5 Å². The van der Waals surface area contributed by atoms with Gasteiger partial charge in [-0.3, -0.25) is 14.4 Å². The highest BCUT2D eigenvalue weighted by atomic mass is 19.4. The fourth-order valence-corrected chi connectivity index (χ4v) is 4.59. The van der Waals surface area contributed by atoms with E-state index in [1.54, 1.807) is 26.0 Å². The molecule has 1 aromatic heterocycles. The van der Waals surface area contributed by atoms with Crippen LogP contribution in [0.5, 0.6) is 0 Å². The molecule has 0 radical (unpaired) electrons. The smallest absolute Gasteiger partial charge is 0.425 e. The van der Waals surface area contributed by atoms with Crippen LogP contribution < -0.4 is 5.32 Å². The normalized spacial score (nSPS) is 22.5. The lowest BCUT2D eigenvalue weighted by Crippen LogP contribution is -2.66. The van der Waals surface area contributed by atoms with Crippen LogP contribution in [0.3, 0.4) is 0 Å². The Hall–Kier alpha value is -3.36. The summed E-state index contributed by atoms with van der Waals surface area (Å²) in [7, 11) is 0. The molecule has 0 saturated carbocycles. The number of hydrogen-bond acceptors (Lipinski definition) is 4. The summed E-state index contributed by atoms with van der Waals surface area (Å²) < 4.78 is 48.9. The van der Waals surface area contributed by atoms with Gasteiger partial charge in [0.15, 0.2) is 11.5 Å². The van der Waals surface area contributed by atoms with E-state index in [1.165, 1.54) is 12.1 Å². The first-order valence-electron chi connectivity index (χ1n) is 10.5. The highest BCUT2D eigenvalue weighted by Gasteiger charge is 2.71. The summed E-state index contributed by atoms with van der Waals surface area (Å²) in [6.07, 6.45) is -3.89. The molecule has 9 heteroatoms. The molecule has 0 saturated heterocycles. The van der Waals surface area contributed by atoms with E-state index in [0.717, 1.165) is 16.7 Å². The number of carbonyl (C=O) groups is 3. The van der Waals surface area contributed by atoms with Gasteiger partial charge in [-0.1, -0.05) is 44.2 Å². The van der Waals surface area contributed by atoms with Crippen LogP contribution in [0.1, 0.15) is 42.8 Å². The maximum atomic E-state index is 14.7. The Morgan fingerprint density at radius 1 is 1.09 bits per heavy atom. The number of halogens is 3. The van der Waals surface area contributed by atoms with E-state index in [4.69, 9.17) is 4.42 Å². The standard InChI is InChI=1S/C24H23F3N2O4/c1-22(2)13-16-19(17(30)14-22)23(24(25,26)27,28-20(31)18-9-6-12-33-18)21(32)29(16)11-10-15-7-4-3-5-8-15/h3-9,12H,10-11,13-14H2,1-2H3,(H,28,31)/t23-/m1/s1. The highest BCUT2D eigenvalue weighted by Crippen LogP contribution is 2.51. The van der Waals surface area contributed by atoms with Crippen LogP contribution in [0.2, 0.25) is 0 Å². The summed E-state index contributed by atoms with van der Waals surface area (Å²) >= 11 is 0. The van der Waals surface area contributed by atoms with E-state index in [0.29, 0.717) is 0 Å². The van der Waals surface area contributed by atoms with Crippen LogP contribution in [-0.2, 0) is 16.0 Å². The van der Waals surface area contributed by atoms with Gasteiger partial charge in [0.25, 0.3) is 11.8 Å². The number of carbonyl (C=O) groups excluding carboxylic acids is 3. The lowest BCUT2D eigenvalue weighted by atomic mass is 9.72. The van der Waals surface area contributed by atoms with Crippen LogP contribution in [0.4, 0.5) is 13.2 Å². The predicted octanol–water partition coefficient (Wildman–Crippen LogP) is 4.04. The second kappa shape index (κ2) is 7.90. The third kappa shape index (κ3) is 3.85. The van der Waals surface area contributed by atoms with Crippen LogP contribution in [-0.4, -0.2) is 40.8 Å². The lowest BCUT2D eigenvalue weighted by Gasteiger charge is -2.35. The van der Waals surface area contributed by atoms with Gasteiger partial charge in [0.1, 0.15) is 0 Å². The average Bonchev–Trinajstić information content (AvgIpc) is 3.33. The van der Waals surface area contributed by atoms with Crippen molar-refractivity contribution in [2.45, 2.75) is 44.8 Å². The summed E-state index contributed by atoms with van der Waals surface area (Å²) in [6, 6.07) is 11.5. The second-order valence-electron chi connectivity index (χ2n) is 9.13. The Morgan fingerprint density at radius 3 is 2.39 bits per heavy atom. The van der Waals surface area contributed by atoms with Crippen LogP contribution in [0, 0.1) is 5.41 Å². The van der Waals surface area contributed by atoms with Gasteiger partial charge in [0.05, 0.1) is 11.8 Å². The second-order valence-corrected chi connectivity index (χ2v) is 9.13. The van der Waals surface area contributed by atoms with Crippen molar-refractivity contribution in [2.75, 3.05) is 6.54 Å². The van der Waals surface area contributed by atoms with E-state index in [9.17, 15) is 27.6 Å². The number of alkyl halides is 3. The third-order valence-corrected chi connectivity index (χ3v) is 6.06. The molecule has 2 aliphatic rings. The van der Waals surface area contributed by atoms with Crippen molar-refractivity contribution in [2.24, 2.45) is 5.41 Å². The number of hydrogen-bond donors (Lipinski definition) is 1. The molecule has 0 spiro atoms. The Morgan fingerprint density at radius 2 is 1.79 bits per heavy atom. The van der Waals surface area contributed by atoms with Crippen molar-refractivity contribution in [3.63, 3.8) is 0 Å². The van der Waals surface area contributed by atoms with E-state index < -0.39 is 40.3 Å². The molecule has 2 aromatic rings. The van der Waals surface area contributed by atoms with Crippen molar-refractivity contribution in [1.29, 1.82) is 0 Å². The fourth-order valence-electron chi connectivity index (χ4n) is 4.59. The van der Waals surface area contributed by atoms with Crippen molar-refractivity contribution < 1.29 is 32.0 Å². The van der Waals surface area contributed by atoms with Crippen LogP contribution in [0.25, 0.3) is 0 Å². The van der Waals surface area contributed by atoms with Crippen molar-refractivity contribution in [3.05, 3.63) is 71.3 Å². The maximum Gasteiger partial charge on any atom is 0.425 e. The number of amides is 2. The molecule has 1 atom stereocenters. The molecule has 0 bridgehead atoms. The van der Waals surface area contributed by atoms with Gasteiger partial charge < -0.3 is 14.6 Å². The number of furan rings is 1. The number of nitrogens with one attached hydrogen (secondary N) is 1. The van der Waals surface area contributed by atoms with Gasteiger partial charge in [-0.05, 0) is 36.0 Å². The molecule has 1 aliphatic carbocycles. The number of benzene rings is 1. The predicted molar refractivity (Wildman–Crippen MR) is 112 cm³/mol. The first-order chi connectivity index (χ1) is 15.5. The molecule has 1 aromatic carbocycles. The van der Waals surface area contributed by atoms with Gasteiger partial charge in [-0.25, -0.2) is 0 Å². The number of ketones is 1. The first-order valence-corrected chi connectivity index (χ1v) is 10.5. The molecule has 0 unspecified atom stereocenters. The first kappa shape index (κ1) is 22.8. The van der Waals surface area contributed by atoms with Crippen molar-refractivity contribution in [1.82, 2.24) is 10.2 Å². The minimum atomic E-state index is -5.24. The fraction of sp³-hybridized carbons (Fsp3) is 0.375. The minimum Gasteiger partial charge on any atom is -0.459 e. The summed E-state index contributed by atoms with van der Waals surface area (Å²) in [5.74, 6) is -3.78. The SMILES string of the molecule is CC1(C)CC(=O)C2=C(C1)N(CCc1ccccc1)C(=O)[C@@]2(NC(=O)c1ccco1)C(F)(F)F. The molecule has 174 valence electrons. The lowest BCUT2D eigenvalue weighted by molar-refractivity contribution is -0.190. The summed E-state index contributed by atoms with van der Waals surface area (Å²) in [5, 5.41) is 1.84. The molecule has 4 rings (SSSR count). The van der Waals surface area contributed by atoms with Gasteiger partial charge in [0.2, 0.25) is 5.54 Å². The summed E-state index contributed by atoms with van der Waals surface area (Å²) in [5.41, 5.74) is -3.93. The van der Waals surface area contributed by atoms with E-state index in [2.05, 4.69) is 0 Å². The van der Waals surface area contributed by atoms with Gasteiger partial charge in [-0.2, -0.15) is 13.2 Å². The zero-order valence-corrected chi connectivity index (χ0v) is 18.2. The monoisotopic (exact) mass is 460 g/mol. The summed E-state index contributed by atoms with van der Waals surface area (Å²) in [4.78, 5) is 40.2. The highest BCUT2D eigenvalue weighted by molar-refractivity contribution is 6.14. The van der Waals surface area contributed by atoms with Crippen LogP contribution >= 0.6 is 0 Å². The van der Waals surface area contributed by atoms with Gasteiger partial charge in [-0.15, -0.1) is 0 Å². The molecule has 0 fully saturated rings. The molecule has 33 heavy (non-hydrogen) atoms. The number of Topliss-reactive ketones (excluding diaryl/α,β-unsaturated/α-hetero) is 1. The molecular weight excluding hydrogens is 437 g/mol. The molecule has 6 nitrogen and oxygen atoms in total. The van der Waals surface area contributed by atoms with Crippen molar-refractivity contribution >= 4 is 17.6 Å². The molecule has 2 amide bonds. The van der Waals surface area contributed by atoms with Gasteiger partial charge >= 0.3 is 6.18 Å². The number of rotatable bonds is 5. The van der Waals surface area contributed by atoms with Crippen LogP contribution in [0.15, 0.2) is 64.4 Å². The topological polar surface area (TPSA) is 79.6 Å². The molecule has 2 heterocycles. The third-order valence-electron chi connectivity index (χ3n) is 6.06. The zero-order chi connectivity index (χ0) is 24.0. The van der Waals surface area contributed by atoms with Gasteiger partial charge in [0, 0.05) is 18.7 Å². The zero-order valence-electron chi connectivity index (χ0n) is 18.2. The Kier molecular flexibility index (Phi) is 5.46. The molecular formula is C24H23F3N2O4. The minimum absolute atomic E-state index is 0.0225. The number of allylic oxidation sites excluding steroid dienone is 1. The Balaban J connectivity index is 1.81. The maximum absolute atomic E-state index is 14.7.